The van der Waals surface area contributed by atoms with Crippen LogP contribution in [0.5, 0.6) is 0 Å². The molecule has 1 heterocycles. The van der Waals surface area contributed by atoms with Crippen molar-refractivity contribution in [3.8, 4) is 0 Å². The Morgan fingerprint density at radius 1 is 1.06 bits per heavy atom. The second-order valence-electron chi connectivity index (χ2n) is 5.39. The number of likely N-dealkylation sites (tertiary alicyclic amines) is 1. The average Bonchev–Trinajstić information content (AvgIpc) is 2.88. The van der Waals surface area contributed by atoms with Crippen molar-refractivity contribution in [2.24, 2.45) is 23.4 Å². The van der Waals surface area contributed by atoms with Gasteiger partial charge in [-0.1, -0.05) is 0 Å². The molecule has 2 aliphatic rings. The van der Waals surface area contributed by atoms with Crippen molar-refractivity contribution in [1.29, 1.82) is 0 Å². The molecule has 6 nitrogen and oxygen atoms in total. The Kier molecular flexibility index (Phi) is 4.19. The Hall–Kier alpha value is -1.14. The maximum Gasteiger partial charge on any atom is 0.225 e. The zero-order valence-electron chi connectivity index (χ0n) is 10.6. The van der Waals surface area contributed by atoms with Crippen LogP contribution in [0.3, 0.4) is 0 Å². The Morgan fingerprint density at radius 3 is 2.22 bits per heavy atom. The monoisotopic (exact) mass is 254 g/mol. The highest BCUT2D eigenvalue weighted by Crippen LogP contribution is 2.27. The number of carbonyl (C=O) groups is 2. The van der Waals surface area contributed by atoms with Crippen LogP contribution in [0.25, 0.3) is 0 Å². The lowest BCUT2D eigenvalue weighted by Crippen LogP contribution is -2.42. The SMILES string of the molecule is NN[C@H]1CC[C@@H](C(=O)N2CCC(C(N)=O)C2)CC1. The van der Waals surface area contributed by atoms with E-state index in [1.807, 2.05) is 0 Å². The first-order valence-electron chi connectivity index (χ1n) is 6.66. The lowest BCUT2D eigenvalue weighted by Gasteiger charge is -2.30. The van der Waals surface area contributed by atoms with Gasteiger partial charge in [-0.25, -0.2) is 0 Å². The molecule has 2 amide bonds. The largest absolute Gasteiger partial charge is 0.369 e. The van der Waals surface area contributed by atoms with Crippen molar-refractivity contribution in [1.82, 2.24) is 10.3 Å². The average molecular weight is 254 g/mol. The fraction of sp³-hybridized carbons (Fsp3) is 0.833. The van der Waals surface area contributed by atoms with Gasteiger partial charge in [-0.05, 0) is 32.1 Å². The molecule has 102 valence electrons. The number of rotatable bonds is 3. The van der Waals surface area contributed by atoms with Gasteiger partial charge in [-0.3, -0.25) is 20.9 Å². The van der Waals surface area contributed by atoms with Gasteiger partial charge in [0, 0.05) is 25.0 Å². The summed E-state index contributed by atoms with van der Waals surface area (Å²) >= 11 is 0. The summed E-state index contributed by atoms with van der Waals surface area (Å²) in [5.74, 6) is 5.24. The molecule has 2 rings (SSSR count). The first kappa shape index (κ1) is 13.3. The van der Waals surface area contributed by atoms with Crippen molar-refractivity contribution < 1.29 is 9.59 Å². The minimum Gasteiger partial charge on any atom is -0.369 e. The predicted octanol–water partition coefficient (Wildman–Crippen LogP) is -0.658. The summed E-state index contributed by atoms with van der Waals surface area (Å²) in [5, 5.41) is 0. The van der Waals surface area contributed by atoms with Gasteiger partial charge in [-0.15, -0.1) is 0 Å². The molecule has 0 bridgehead atoms. The smallest absolute Gasteiger partial charge is 0.225 e. The lowest BCUT2D eigenvalue weighted by molar-refractivity contribution is -0.135. The summed E-state index contributed by atoms with van der Waals surface area (Å²) in [6.07, 6.45) is 4.36. The van der Waals surface area contributed by atoms with Crippen LogP contribution in [-0.2, 0) is 9.59 Å². The second-order valence-corrected chi connectivity index (χ2v) is 5.39. The van der Waals surface area contributed by atoms with E-state index < -0.39 is 0 Å². The minimum atomic E-state index is -0.290. The van der Waals surface area contributed by atoms with Gasteiger partial charge < -0.3 is 10.6 Å². The number of amides is 2. The molecule has 0 aromatic rings. The van der Waals surface area contributed by atoms with Gasteiger partial charge >= 0.3 is 0 Å². The molecule has 0 aromatic carbocycles. The molecule has 5 N–H and O–H groups in total. The van der Waals surface area contributed by atoms with E-state index >= 15 is 0 Å². The highest BCUT2D eigenvalue weighted by atomic mass is 16.2. The number of hydrazine groups is 1. The molecule has 18 heavy (non-hydrogen) atoms. The zero-order chi connectivity index (χ0) is 13.1. The van der Waals surface area contributed by atoms with Crippen molar-refractivity contribution in [2.45, 2.75) is 38.1 Å². The number of hydrogen-bond donors (Lipinski definition) is 3. The zero-order valence-corrected chi connectivity index (χ0v) is 10.6. The Morgan fingerprint density at radius 2 is 1.72 bits per heavy atom. The third-order valence-corrected chi connectivity index (χ3v) is 4.21. The summed E-state index contributed by atoms with van der Waals surface area (Å²) in [5.41, 5.74) is 8.04. The number of hydrogen-bond acceptors (Lipinski definition) is 4. The topological polar surface area (TPSA) is 101 Å². The third-order valence-electron chi connectivity index (χ3n) is 4.21. The van der Waals surface area contributed by atoms with Gasteiger partial charge in [0.25, 0.3) is 0 Å². The van der Waals surface area contributed by atoms with Crippen LogP contribution in [-0.4, -0.2) is 35.8 Å². The van der Waals surface area contributed by atoms with Gasteiger partial charge in [0.1, 0.15) is 0 Å². The van der Waals surface area contributed by atoms with Gasteiger partial charge in [0.05, 0.1) is 5.92 Å². The molecule has 0 spiro atoms. The first-order chi connectivity index (χ1) is 8.61. The summed E-state index contributed by atoms with van der Waals surface area (Å²) in [6, 6.07) is 0.339. The van der Waals surface area contributed by atoms with Crippen molar-refractivity contribution >= 4 is 11.8 Å². The molecule has 1 aliphatic heterocycles. The van der Waals surface area contributed by atoms with E-state index in [2.05, 4.69) is 5.43 Å². The standard InChI is InChI=1S/C12H22N4O2/c13-11(17)9-5-6-16(7-9)12(18)8-1-3-10(15-14)4-2-8/h8-10,15H,1-7,14H2,(H2,13,17)/t8-,9?,10+. The number of nitrogens with two attached hydrogens (primary N) is 2. The van der Waals surface area contributed by atoms with E-state index in [0.717, 1.165) is 25.7 Å². The molecule has 1 aliphatic carbocycles. The molecule has 0 radical (unpaired) electrons. The van der Waals surface area contributed by atoms with E-state index in [0.29, 0.717) is 25.6 Å². The van der Waals surface area contributed by atoms with Crippen LogP contribution in [0, 0.1) is 11.8 Å². The molecule has 2 fully saturated rings. The van der Waals surface area contributed by atoms with Crippen LogP contribution < -0.4 is 17.0 Å². The van der Waals surface area contributed by atoms with E-state index in [-0.39, 0.29) is 23.7 Å². The fourth-order valence-corrected chi connectivity index (χ4v) is 2.96. The Labute approximate surface area is 107 Å². The maximum atomic E-state index is 12.3. The molecular weight excluding hydrogens is 232 g/mol. The quantitative estimate of drug-likeness (QED) is 0.460. The molecule has 1 atom stereocenters. The van der Waals surface area contributed by atoms with E-state index in [1.165, 1.54) is 0 Å². The molecule has 1 saturated carbocycles. The minimum absolute atomic E-state index is 0.0984. The Bertz CT molecular complexity index is 326. The van der Waals surface area contributed by atoms with E-state index in [4.69, 9.17) is 11.6 Å². The molecule has 1 unspecified atom stereocenters. The highest BCUT2D eigenvalue weighted by molar-refractivity contribution is 5.82. The predicted molar refractivity (Wildman–Crippen MR) is 67.0 cm³/mol. The van der Waals surface area contributed by atoms with Crippen molar-refractivity contribution in [3.63, 3.8) is 0 Å². The number of primary amides is 1. The second kappa shape index (κ2) is 5.67. The fourth-order valence-electron chi connectivity index (χ4n) is 2.96. The molecule has 6 heteroatoms. The lowest BCUT2D eigenvalue weighted by atomic mass is 9.85. The summed E-state index contributed by atoms with van der Waals surface area (Å²) in [6.45, 7) is 1.17. The van der Waals surface area contributed by atoms with E-state index in [1.54, 1.807) is 4.90 Å². The maximum absolute atomic E-state index is 12.3. The van der Waals surface area contributed by atoms with Crippen LogP contribution in [0.4, 0.5) is 0 Å². The molecule has 0 aromatic heterocycles. The highest BCUT2D eigenvalue weighted by Gasteiger charge is 2.34. The van der Waals surface area contributed by atoms with Crippen LogP contribution in [0.15, 0.2) is 0 Å². The molecular formula is C12H22N4O2. The van der Waals surface area contributed by atoms with Gasteiger partial charge in [-0.2, -0.15) is 0 Å². The third kappa shape index (κ3) is 2.81. The number of nitrogens with one attached hydrogen (secondary N) is 1. The van der Waals surface area contributed by atoms with Crippen LogP contribution >= 0.6 is 0 Å². The molecule has 1 saturated heterocycles. The normalized spacial score (nSPS) is 32.5. The Balaban J connectivity index is 1.84. The summed E-state index contributed by atoms with van der Waals surface area (Å²) in [4.78, 5) is 25.2. The number of carbonyl (C=O) groups excluding carboxylic acids is 2. The van der Waals surface area contributed by atoms with Gasteiger partial charge in [0.2, 0.25) is 11.8 Å². The summed E-state index contributed by atoms with van der Waals surface area (Å²) < 4.78 is 0. The van der Waals surface area contributed by atoms with Crippen molar-refractivity contribution in [3.05, 3.63) is 0 Å². The van der Waals surface area contributed by atoms with E-state index in [9.17, 15) is 9.59 Å². The van der Waals surface area contributed by atoms with Gasteiger partial charge in [0.15, 0.2) is 0 Å². The first-order valence-corrected chi connectivity index (χ1v) is 6.66. The van der Waals surface area contributed by atoms with Crippen molar-refractivity contribution in [2.75, 3.05) is 13.1 Å². The summed E-state index contributed by atoms with van der Waals surface area (Å²) in [7, 11) is 0. The van der Waals surface area contributed by atoms with Crippen LogP contribution in [0.2, 0.25) is 0 Å². The van der Waals surface area contributed by atoms with Crippen LogP contribution in [0.1, 0.15) is 32.1 Å². The number of nitrogens with zero attached hydrogens (tertiary/aromatic N) is 1.